The van der Waals surface area contributed by atoms with Crippen molar-refractivity contribution in [1.82, 2.24) is 9.97 Å². The van der Waals surface area contributed by atoms with Crippen molar-refractivity contribution in [2.45, 2.75) is 18.6 Å². The molecule has 2 aromatic rings. The second-order valence-corrected chi connectivity index (χ2v) is 6.36. The maximum Gasteiger partial charge on any atom is 0.171 e. The summed E-state index contributed by atoms with van der Waals surface area (Å²) >= 11 is 3.44. The molecule has 6 heteroatoms. The van der Waals surface area contributed by atoms with Gasteiger partial charge in [-0.25, -0.2) is 0 Å². The van der Waals surface area contributed by atoms with E-state index in [1.807, 2.05) is 24.5 Å². The predicted octanol–water partition coefficient (Wildman–Crippen LogP) is 2.74. The van der Waals surface area contributed by atoms with Gasteiger partial charge in [-0.15, -0.1) is 0 Å². The topological polar surface area (TPSA) is 47.5 Å². The molecule has 1 spiro atoms. The lowest BCUT2D eigenvalue weighted by molar-refractivity contribution is -0.169. The number of piperidine rings is 1. The van der Waals surface area contributed by atoms with Gasteiger partial charge in [-0.1, -0.05) is 0 Å². The molecular weight excluding hydrogens is 334 g/mol. The fraction of sp³-hybridized carbons (Fsp3) is 0.467. The Kier molecular flexibility index (Phi) is 3.32. The highest BCUT2D eigenvalue weighted by atomic mass is 79.9. The van der Waals surface area contributed by atoms with E-state index in [1.165, 1.54) is 0 Å². The van der Waals surface area contributed by atoms with Gasteiger partial charge in [0.15, 0.2) is 5.79 Å². The molecule has 5 nitrogen and oxygen atoms in total. The van der Waals surface area contributed by atoms with Gasteiger partial charge < -0.3 is 14.4 Å². The lowest BCUT2D eigenvalue weighted by atomic mass is 10.0. The van der Waals surface area contributed by atoms with Crippen LogP contribution in [-0.4, -0.2) is 42.1 Å². The van der Waals surface area contributed by atoms with Crippen LogP contribution in [0.1, 0.15) is 12.8 Å². The van der Waals surface area contributed by atoms with Gasteiger partial charge in [0.05, 0.1) is 24.4 Å². The molecule has 0 bridgehead atoms. The summed E-state index contributed by atoms with van der Waals surface area (Å²) < 4.78 is 12.5. The zero-order chi connectivity index (χ0) is 14.3. The number of nitrogens with zero attached hydrogens (tertiary/aromatic N) is 3. The molecule has 2 aromatic heterocycles. The second-order valence-electron chi connectivity index (χ2n) is 5.45. The zero-order valence-corrected chi connectivity index (χ0v) is 13.2. The van der Waals surface area contributed by atoms with E-state index < -0.39 is 0 Å². The van der Waals surface area contributed by atoms with Crippen molar-refractivity contribution >= 4 is 32.7 Å². The summed E-state index contributed by atoms with van der Waals surface area (Å²) in [6.07, 6.45) is 5.46. The van der Waals surface area contributed by atoms with Gasteiger partial charge in [-0.2, -0.15) is 0 Å². The van der Waals surface area contributed by atoms with Crippen molar-refractivity contribution in [3.05, 3.63) is 29.0 Å². The van der Waals surface area contributed by atoms with Crippen molar-refractivity contribution < 1.29 is 9.47 Å². The summed E-state index contributed by atoms with van der Waals surface area (Å²) in [5, 5.41) is 0. The molecule has 0 amide bonds. The van der Waals surface area contributed by atoms with E-state index in [2.05, 4.69) is 30.8 Å². The van der Waals surface area contributed by atoms with Crippen molar-refractivity contribution in [2.24, 2.45) is 0 Å². The minimum absolute atomic E-state index is 0.338. The summed E-state index contributed by atoms with van der Waals surface area (Å²) in [4.78, 5) is 11.3. The van der Waals surface area contributed by atoms with E-state index in [4.69, 9.17) is 9.47 Å². The quantitative estimate of drug-likeness (QED) is 0.792. The lowest BCUT2D eigenvalue weighted by Crippen LogP contribution is -2.45. The number of halogens is 1. The summed E-state index contributed by atoms with van der Waals surface area (Å²) in [6.45, 7) is 3.26. The number of hydrogen-bond acceptors (Lipinski definition) is 5. The first-order valence-corrected chi connectivity index (χ1v) is 7.98. The van der Waals surface area contributed by atoms with Crippen LogP contribution in [0, 0.1) is 0 Å². The van der Waals surface area contributed by atoms with Gasteiger partial charge in [0.25, 0.3) is 0 Å². The molecule has 0 radical (unpaired) electrons. The summed E-state index contributed by atoms with van der Waals surface area (Å²) in [5.74, 6) is -0.338. The fourth-order valence-corrected chi connectivity index (χ4v) is 3.44. The molecule has 0 saturated carbocycles. The molecule has 2 saturated heterocycles. The van der Waals surface area contributed by atoms with Crippen LogP contribution in [0.25, 0.3) is 11.0 Å². The average Bonchev–Trinajstić information content (AvgIpc) is 2.95. The van der Waals surface area contributed by atoms with Crippen molar-refractivity contribution in [3.8, 4) is 0 Å². The van der Waals surface area contributed by atoms with Crippen LogP contribution < -0.4 is 4.90 Å². The van der Waals surface area contributed by atoms with E-state index in [-0.39, 0.29) is 5.79 Å². The molecule has 2 aliphatic rings. The van der Waals surface area contributed by atoms with Crippen LogP contribution in [0.5, 0.6) is 0 Å². The van der Waals surface area contributed by atoms with E-state index in [0.29, 0.717) is 13.2 Å². The van der Waals surface area contributed by atoms with Crippen molar-refractivity contribution in [1.29, 1.82) is 0 Å². The molecule has 0 atom stereocenters. The van der Waals surface area contributed by atoms with E-state index in [0.717, 1.165) is 47.1 Å². The van der Waals surface area contributed by atoms with Crippen molar-refractivity contribution in [2.75, 3.05) is 31.2 Å². The number of rotatable bonds is 1. The van der Waals surface area contributed by atoms with Gasteiger partial charge in [0, 0.05) is 42.8 Å². The molecule has 2 aliphatic heterocycles. The first kappa shape index (κ1) is 13.4. The maximum absolute atomic E-state index is 5.79. The maximum atomic E-state index is 5.79. The van der Waals surface area contributed by atoms with E-state index in [9.17, 15) is 0 Å². The number of ether oxygens (including phenoxy) is 2. The fourth-order valence-electron chi connectivity index (χ4n) is 3.12. The number of fused-ring (bicyclic) bond motifs is 1. The van der Waals surface area contributed by atoms with Crippen LogP contribution in [0.15, 0.2) is 29.0 Å². The van der Waals surface area contributed by atoms with Gasteiger partial charge in [-0.3, -0.25) is 9.97 Å². The Balaban J connectivity index is 1.62. The monoisotopic (exact) mass is 349 g/mol. The minimum atomic E-state index is -0.338. The van der Waals surface area contributed by atoms with Crippen molar-refractivity contribution in [3.63, 3.8) is 0 Å². The Morgan fingerprint density at radius 1 is 1.14 bits per heavy atom. The molecule has 4 rings (SSSR count). The molecular formula is C15H16BrN3O2. The molecule has 21 heavy (non-hydrogen) atoms. The SMILES string of the molecule is Brc1cnc2c(N3CCC4(CC3)OCCO4)ccnc2c1. The number of hydrogen-bond donors (Lipinski definition) is 0. The third-order valence-electron chi connectivity index (χ3n) is 4.20. The zero-order valence-electron chi connectivity index (χ0n) is 11.6. The Labute approximate surface area is 131 Å². The predicted molar refractivity (Wildman–Crippen MR) is 83.3 cm³/mol. The highest BCUT2D eigenvalue weighted by molar-refractivity contribution is 9.10. The van der Waals surface area contributed by atoms with Crippen LogP contribution in [0.2, 0.25) is 0 Å². The molecule has 4 heterocycles. The Hall–Kier alpha value is -1.24. The van der Waals surface area contributed by atoms with Gasteiger partial charge >= 0.3 is 0 Å². The number of aromatic nitrogens is 2. The minimum Gasteiger partial charge on any atom is -0.369 e. The van der Waals surface area contributed by atoms with Crippen LogP contribution in [0.3, 0.4) is 0 Å². The highest BCUT2D eigenvalue weighted by Gasteiger charge is 2.40. The first-order valence-electron chi connectivity index (χ1n) is 7.19. The Morgan fingerprint density at radius 2 is 1.90 bits per heavy atom. The molecule has 110 valence electrons. The molecule has 2 fully saturated rings. The van der Waals surface area contributed by atoms with E-state index >= 15 is 0 Å². The van der Waals surface area contributed by atoms with Gasteiger partial charge in [-0.05, 0) is 28.1 Å². The molecule has 0 unspecified atom stereocenters. The van der Waals surface area contributed by atoms with Crippen LogP contribution in [-0.2, 0) is 9.47 Å². The first-order chi connectivity index (χ1) is 10.3. The smallest absolute Gasteiger partial charge is 0.171 e. The highest BCUT2D eigenvalue weighted by Crippen LogP contribution is 2.34. The summed E-state index contributed by atoms with van der Waals surface area (Å²) in [7, 11) is 0. The van der Waals surface area contributed by atoms with Crippen LogP contribution >= 0.6 is 15.9 Å². The second kappa shape index (κ2) is 5.19. The average molecular weight is 350 g/mol. The molecule has 0 aromatic carbocycles. The lowest BCUT2D eigenvalue weighted by Gasteiger charge is -2.38. The van der Waals surface area contributed by atoms with Gasteiger partial charge in [0.2, 0.25) is 0 Å². The Bertz CT molecular complexity index is 663. The number of anilines is 1. The van der Waals surface area contributed by atoms with Gasteiger partial charge in [0.1, 0.15) is 5.52 Å². The Morgan fingerprint density at radius 3 is 2.67 bits per heavy atom. The molecule has 0 N–H and O–H groups in total. The standard InChI is InChI=1S/C15H16BrN3O2/c16-11-9-12-14(18-10-11)13(1-4-17-12)19-5-2-15(3-6-19)20-7-8-21-15/h1,4,9-10H,2-3,5-8H2. The summed E-state index contributed by atoms with van der Waals surface area (Å²) in [6, 6.07) is 4.04. The normalized spacial score (nSPS) is 21.3. The van der Waals surface area contributed by atoms with E-state index in [1.54, 1.807) is 0 Å². The molecule has 0 aliphatic carbocycles. The number of pyridine rings is 2. The summed E-state index contributed by atoms with van der Waals surface area (Å²) in [5.41, 5.74) is 3.00. The third-order valence-corrected chi connectivity index (χ3v) is 4.64. The van der Waals surface area contributed by atoms with Crippen LogP contribution in [0.4, 0.5) is 5.69 Å². The third kappa shape index (κ3) is 2.41. The largest absolute Gasteiger partial charge is 0.369 e.